The number of carbonyl (C=O) groups is 1. The molecule has 2 rings (SSSR count). The predicted octanol–water partition coefficient (Wildman–Crippen LogP) is 1.52. The maximum absolute atomic E-state index is 11.6. The molecule has 0 radical (unpaired) electrons. The zero-order valence-corrected chi connectivity index (χ0v) is 14.9. The van der Waals surface area contributed by atoms with E-state index in [-0.39, 0.29) is 5.91 Å². The zero-order chi connectivity index (χ0) is 17.4. The van der Waals surface area contributed by atoms with Crippen LogP contribution in [-0.4, -0.2) is 36.7 Å². The largest absolute Gasteiger partial charge is 0.361 e. The molecule has 1 saturated carbocycles. The highest BCUT2D eigenvalue weighted by Crippen LogP contribution is 2.18. The van der Waals surface area contributed by atoms with Gasteiger partial charge in [-0.2, -0.15) is 0 Å². The first-order chi connectivity index (χ1) is 11.7. The molecular weight excluding hydrogens is 306 g/mol. The average Bonchev–Trinajstić information content (AvgIpc) is 3.31. The summed E-state index contributed by atoms with van der Waals surface area (Å²) in [6.07, 6.45) is 5.26. The van der Waals surface area contributed by atoms with Gasteiger partial charge in [0.05, 0.1) is 5.69 Å². The van der Waals surface area contributed by atoms with Gasteiger partial charge < -0.3 is 20.5 Å². The van der Waals surface area contributed by atoms with Gasteiger partial charge in [0.1, 0.15) is 5.76 Å². The Bertz CT molecular complexity index is 542. The molecule has 1 aliphatic carbocycles. The Hall–Kier alpha value is -2.05. The minimum Gasteiger partial charge on any atom is -0.361 e. The van der Waals surface area contributed by atoms with E-state index in [0.717, 1.165) is 55.1 Å². The molecule has 24 heavy (non-hydrogen) atoms. The van der Waals surface area contributed by atoms with Gasteiger partial charge in [0.2, 0.25) is 5.91 Å². The Kier molecular flexibility index (Phi) is 7.08. The molecule has 0 unspecified atom stereocenters. The Labute approximate surface area is 143 Å². The SMILES string of the molecule is CCc1noc(CC)c1CNC(=NC)NCCCC(=O)NC1CC1. The molecule has 1 aromatic heterocycles. The third-order valence-corrected chi connectivity index (χ3v) is 4.08. The molecule has 1 amide bonds. The smallest absolute Gasteiger partial charge is 0.220 e. The summed E-state index contributed by atoms with van der Waals surface area (Å²) in [5, 5.41) is 13.6. The van der Waals surface area contributed by atoms with Crippen molar-refractivity contribution < 1.29 is 9.32 Å². The fourth-order valence-electron chi connectivity index (χ4n) is 2.51. The van der Waals surface area contributed by atoms with Gasteiger partial charge in [-0.15, -0.1) is 0 Å². The number of rotatable bonds is 9. The molecule has 7 nitrogen and oxygen atoms in total. The van der Waals surface area contributed by atoms with E-state index in [9.17, 15) is 4.79 Å². The lowest BCUT2D eigenvalue weighted by Gasteiger charge is -2.12. The van der Waals surface area contributed by atoms with E-state index >= 15 is 0 Å². The van der Waals surface area contributed by atoms with Crippen LogP contribution in [0.1, 0.15) is 56.5 Å². The van der Waals surface area contributed by atoms with Crippen LogP contribution in [0.15, 0.2) is 9.52 Å². The van der Waals surface area contributed by atoms with Crippen molar-refractivity contribution in [3.05, 3.63) is 17.0 Å². The van der Waals surface area contributed by atoms with E-state index in [1.54, 1.807) is 7.05 Å². The number of nitrogens with one attached hydrogen (secondary N) is 3. The number of aliphatic imine (C=N–C) groups is 1. The maximum Gasteiger partial charge on any atom is 0.220 e. The van der Waals surface area contributed by atoms with E-state index in [4.69, 9.17) is 4.52 Å². The van der Waals surface area contributed by atoms with E-state index in [1.807, 2.05) is 0 Å². The number of aryl methyl sites for hydroxylation is 2. The van der Waals surface area contributed by atoms with Crippen molar-refractivity contribution in [2.75, 3.05) is 13.6 Å². The molecule has 0 saturated heterocycles. The fraction of sp³-hybridized carbons (Fsp3) is 0.706. The van der Waals surface area contributed by atoms with Crippen LogP contribution in [0.3, 0.4) is 0 Å². The molecule has 1 heterocycles. The molecule has 0 aromatic carbocycles. The summed E-state index contributed by atoms with van der Waals surface area (Å²) >= 11 is 0. The molecule has 0 bridgehead atoms. The molecule has 7 heteroatoms. The summed E-state index contributed by atoms with van der Waals surface area (Å²) < 4.78 is 5.37. The first kappa shape index (κ1) is 18.3. The topological polar surface area (TPSA) is 91.6 Å². The number of carbonyl (C=O) groups excluding carboxylic acids is 1. The summed E-state index contributed by atoms with van der Waals surface area (Å²) in [6.45, 7) is 5.48. The van der Waals surface area contributed by atoms with Crippen LogP contribution < -0.4 is 16.0 Å². The van der Waals surface area contributed by atoms with Crippen molar-refractivity contribution in [2.45, 2.75) is 65.0 Å². The molecule has 1 aromatic rings. The molecule has 1 aliphatic rings. The first-order valence-corrected chi connectivity index (χ1v) is 8.88. The van der Waals surface area contributed by atoms with Gasteiger partial charge in [0, 0.05) is 44.6 Å². The van der Waals surface area contributed by atoms with Crippen LogP contribution >= 0.6 is 0 Å². The summed E-state index contributed by atoms with van der Waals surface area (Å²) in [5.41, 5.74) is 2.11. The van der Waals surface area contributed by atoms with Crippen LogP contribution in [0.4, 0.5) is 0 Å². The van der Waals surface area contributed by atoms with Crippen molar-refractivity contribution in [1.82, 2.24) is 21.1 Å². The Morgan fingerprint density at radius 1 is 1.29 bits per heavy atom. The zero-order valence-electron chi connectivity index (χ0n) is 14.9. The standard InChI is InChI=1S/C17H29N5O2/c1-4-14-13(15(5-2)24-22-14)11-20-17(18-3)19-10-6-7-16(23)21-12-8-9-12/h12H,4-11H2,1-3H3,(H,21,23)(H2,18,19,20). The Balaban J connectivity index is 1.70. The van der Waals surface area contributed by atoms with Crippen LogP contribution in [0.2, 0.25) is 0 Å². The quantitative estimate of drug-likeness (QED) is 0.362. The number of hydrogen-bond donors (Lipinski definition) is 3. The summed E-state index contributed by atoms with van der Waals surface area (Å²) in [4.78, 5) is 15.8. The summed E-state index contributed by atoms with van der Waals surface area (Å²) in [7, 11) is 1.74. The van der Waals surface area contributed by atoms with Gasteiger partial charge >= 0.3 is 0 Å². The predicted molar refractivity (Wildman–Crippen MR) is 93.9 cm³/mol. The number of amides is 1. The lowest BCUT2D eigenvalue weighted by atomic mass is 10.1. The number of nitrogens with zero attached hydrogens (tertiary/aromatic N) is 2. The molecular formula is C17H29N5O2. The second kappa shape index (κ2) is 9.30. The van der Waals surface area contributed by atoms with Gasteiger partial charge in [-0.25, -0.2) is 0 Å². The molecule has 1 fully saturated rings. The van der Waals surface area contributed by atoms with Gasteiger partial charge in [-0.3, -0.25) is 9.79 Å². The lowest BCUT2D eigenvalue weighted by molar-refractivity contribution is -0.121. The molecule has 3 N–H and O–H groups in total. The minimum atomic E-state index is 0.145. The average molecular weight is 335 g/mol. The Morgan fingerprint density at radius 3 is 2.71 bits per heavy atom. The van der Waals surface area contributed by atoms with Crippen molar-refractivity contribution in [1.29, 1.82) is 0 Å². The van der Waals surface area contributed by atoms with Crippen molar-refractivity contribution in [3.8, 4) is 0 Å². The van der Waals surface area contributed by atoms with Gasteiger partial charge in [-0.05, 0) is 25.7 Å². The van der Waals surface area contributed by atoms with Gasteiger partial charge in [-0.1, -0.05) is 19.0 Å². The highest BCUT2D eigenvalue weighted by Gasteiger charge is 2.22. The van der Waals surface area contributed by atoms with Gasteiger partial charge in [0.15, 0.2) is 5.96 Å². The van der Waals surface area contributed by atoms with Gasteiger partial charge in [0.25, 0.3) is 0 Å². The third kappa shape index (κ3) is 5.54. The third-order valence-electron chi connectivity index (χ3n) is 4.08. The van der Waals surface area contributed by atoms with E-state index in [1.165, 1.54) is 0 Å². The highest BCUT2D eigenvalue weighted by atomic mass is 16.5. The summed E-state index contributed by atoms with van der Waals surface area (Å²) in [5.74, 6) is 1.79. The van der Waals surface area contributed by atoms with Crippen molar-refractivity contribution in [3.63, 3.8) is 0 Å². The molecule has 0 atom stereocenters. The molecule has 0 aliphatic heterocycles. The van der Waals surface area contributed by atoms with Crippen LogP contribution in [-0.2, 0) is 24.2 Å². The number of guanidine groups is 1. The molecule has 134 valence electrons. The Morgan fingerprint density at radius 2 is 2.08 bits per heavy atom. The monoisotopic (exact) mass is 335 g/mol. The minimum absolute atomic E-state index is 0.145. The highest BCUT2D eigenvalue weighted by molar-refractivity contribution is 5.80. The van der Waals surface area contributed by atoms with Crippen LogP contribution in [0.5, 0.6) is 0 Å². The lowest BCUT2D eigenvalue weighted by Crippen LogP contribution is -2.38. The number of hydrogen-bond acceptors (Lipinski definition) is 4. The van der Waals surface area contributed by atoms with E-state index < -0.39 is 0 Å². The van der Waals surface area contributed by atoms with E-state index in [2.05, 4.69) is 39.9 Å². The second-order valence-electron chi connectivity index (χ2n) is 6.04. The van der Waals surface area contributed by atoms with Crippen LogP contribution in [0, 0.1) is 0 Å². The first-order valence-electron chi connectivity index (χ1n) is 8.88. The van der Waals surface area contributed by atoms with E-state index in [0.29, 0.717) is 25.6 Å². The van der Waals surface area contributed by atoms with Crippen LogP contribution in [0.25, 0.3) is 0 Å². The fourth-order valence-corrected chi connectivity index (χ4v) is 2.51. The van der Waals surface area contributed by atoms with Crippen molar-refractivity contribution >= 4 is 11.9 Å². The maximum atomic E-state index is 11.6. The molecule has 0 spiro atoms. The normalized spacial score (nSPS) is 14.5. The summed E-state index contributed by atoms with van der Waals surface area (Å²) in [6, 6.07) is 0.434. The number of aromatic nitrogens is 1. The van der Waals surface area contributed by atoms with Crippen molar-refractivity contribution in [2.24, 2.45) is 4.99 Å². The second-order valence-corrected chi connectivity index (χ2v) is 6.04.